The third-order valence-electron chi connectivity index (χ3n) is 4.01. The van der Waals surface area contributed by atoms with Crippen LogP contribution in [-0.2, 0) is 7.05 Å². The van der Waals surface area contributed by atoms with E-state index in [0.29, 0.717) is 0 Å². The molecule has 0 bridgehead atoms. The molecule has 21 heavy (non-hydrogen) atoms. The van der Waals surface area contributed by atoms with Crippen molar-refractivity contribution in [3.8, 4) is 11.3 Å². The normalized spacial score (nSPS) is 13.9. The Morgan fingerprint density at radius 3 is 2.10 bits per heavy atom. The summed E-state index contributed by atoms with van der Waals surface area (Å²) in [4.78, 5) is 0. The molecule has 0 saturated heterocycles. The minimum absolute atomic E-state index is 0.730. The van der Waals surface area contributed by atoms with E-state index in [1.807, 2.05) is 40.9 Å². The molecule has 0 N–H and O–H groups in total. The Kier molecular flexibility index (Phi) is 3.74. The summed E-state index contributed by atoms with van der Waals surface area (Å²) in [6.07, 6.45) is 2.02. The van der Waals surface area contributed by atoms with Crippen LogP contribution in [-0.4, -0.2) is 0 Å². The van der Waals surface area contributed by atoms with Crippen LogP contribution in [0.15, 0.2) is 30.5 Å². The first kappa shape index (κ1) is 13.1. The predicted molar refractivity (Wildman–Crippen MR) is 90.7 cm³/mol. The summed E-state index contributed by atoms with van der Waals surface area (Å²) in [7, 11) is 2.02. The van der Waals surface area contributed by atoms with Crippen LogP contribution in [0.2, 0.25) is 0 Å². The molecule has 1 aromatic heterocycles. The number of aromatic nitrogens is 1. The fourth-order valence-electron chi connectivity index (χ4n) is 2.83. The molecule has 0 amide bonds. The SMILES string of the molecule is [2H]C(C)(C)c1cc(-c2ccc(C)cc2C)[n+](C)cc1C([2H])(C)C. The third kappa shape index (κ3) is 3.18. The highest BCUT2D eigenvalue weighted by molar-refractivity contribution is 5.62. The lowest BCUT2D eigenvalue weighted by atomic mass is 9.90. The van der Waals surface area contributed by atoms with E-state index in [0.717, 1.165) is 16.8 Å². The Bertz CT molecular complexity index is 735. The van der Waals surface area contributed by atoms with Gasteiger partial charge >= 0.3 is 0 Å². The van der Waals surface area contributed by atoms with E-state index < -0.39 is 11.8 Å². The fourth-order valence-corrected chi connectivity index (χ4v) is 2.83. The average Bonchev–Trinajstić information content (AvgIpc) is 2.36. The molecule has 0 radical (unpaired) electrons. The summed E-state index contributed by atoms with van der Waals surface area (Å²) >= 11 is 0. The summed E-state index contributed by atoms with van der Waals surface area (Å²) in [5.74, 6) is -1.47. The van der Waals surface area contributed by atoms with Gasteiger partial charge in [-0.15, -0.1) is 0 Å². The maximum Gasteiger partial charge on any atom is 0.212 e. The van der Waals surface area contributed by atoms with Crippen molar-refractivity contribution in [3.05, 3.63) is 52.7 Å². The van der Waals surface area contributed by atoms with Crippen molar-refractivity contribution in [1.29, 1.82) is 0 Å². The third-order valence-corrected chi connectivity index (χ3v) is 4.01. The summed E-state index contributed by atoms with van der Waals surface area (Å²) in [6.45, 7) is 11.8. The van der Waals surface area contributed by atoms with Gasteiger partial charge in [0.2, 0.25) is 5.69 Å². The van der Waals surface area contributed by atoms with Crippen LogP contribution in [0.1, 0.15) is 64.5 Å². The molecule has 2 rings (SSSR count). The molecule has 1 aromatic carbocycles. The summed E-state index contributed by atoms with van der Waals surface area (Å²) in [5.41, 5.74) is 6.58. The van der Waals surface area contributed by atoms with E-state index in [1.165, 1.54) is 16.7 Å². The van der Waals surface area contributed by atoms with Crippen molar-refractivity contribution >= 4 is 0 Å². The number of aryl methyl sites for hydroxylation is 3. The van der Waals surface area contributed by atoms with E-state index in [2.05, 4.69) is 42.7 Å². The van der Waals surface area contributed by atoms with Gasteiger partial charge in [-0.3, -0.25) is 0 Å². The van der Waals surface area contributed by atoms with Crippen molar-refractivity contribution in [2.45, 2.75) is 53.3 Å². The highest BCUT2D eigenvalue weighted by Crippen LogP contribution is 2.29. The molecule has 112 valence electrons. The molecule has 0 spiro atoms. The van der Waals surface area contributed by atoms with Crippen molar-refractivity contribution in [2.24, 2.45) is 7.05 Å². The highest BCUT2D eigenvalue weighted by atomic mass is 14.9. The second kappa shape index (κ2) is 6.01. The van der Waals surface area contributed by atoms with Gasteiger partial charge in [0.05, 0.1) is 0 Å². The molecule has 0 saturated carbocycles. The van der Waals surface area contributed by atoms with Crippen molar-refractivity contribution in [3.63, 3.8) is 0 Å². The first-order valence-electron chi connectivity index (χ1n) is 8.53. The van der Waals surface area contributed by atoms with Gasteiger partial charge < -0.3 is 0 Å². The largest absolute Gasteiger partial charge is 0.212 e. The summed E-state index contributed by atoms with van der Waals surface area (Å²) in [5, 5.41) is 0. The van der Waals surface area contributed by atoms with Crippen molar-refractivity contribution in [2.75, 3.05) is 0 Å². The van der Waals surface area contributed by atoms with Gasteiger partial charge in [-0.2, -0.15) is 0 Å². The van der Waals surface area contributed by atoms with Gasteiger partial charge in [0.1, 0.15) is 7.05 Å². The quantitative estimate of drug-likeness (QED) is 0.695. The van der Waals surface area contributed by atoms with E-state index in [-0.39, 0.29) is 0 Å². The van der Waals surface area contributed by atoms with Crippen LogP contribution >= 0.6 is 0 Å². The number of nitrogens with zero attached hydrogens (tertiary/aromatic N) is 1. The smallest absolute Gasteiger partial charge is 0.201 e. The lowest BCUT2D eigenvalue weighted by Gasteiger charge is -2.16. The molecule has 0 fully saturated rings. The molecule has 2 aromatic rings. The minimum atomic E-state index is -0.741. The summed E-state index contributed by atoms with van der Waals surface area (Å²) < 4.78 is 19.0. The average molecular weight is 284 g/mol. The van der Waals surface area contributed by atoms with Crippen LogP contribution in [0.25, 0.3) is 11.3 Å². The maximum absolute atomic E-state index is 8.52. The first-order valence-corrected chi connectivity index (χ1v) is 7.53. The number of rotatable bonds is 3. The van der Waals surface area contributed by atoms with Gasteiger partial charge in [-0.25, -0.2) is 4.57 Å². The standard InChI is InChI=1S/C20H28N/c1-13(2)18-11-20(21(7)12-19(18)14(3)4)17-9-8-15(5)10-16(17)6/h8-14H,1-7H3/q+1/i13D,14D. The van der Waals surface area contributed by atoms with Gasteiger partial charge in [0, 0.05) is 19.9 Å². The number of benzene rings is 1. The maximum atomic E-state index is 8.52. The Morgan fingerprint density at radius 1 is 0.952 bits per heavy atom. The number of hydrogen-bond acceptors (Lipinski definition) is 0. The molecule has 0 aliphatic carbocycles. The minimum Gasteiger partial charge on any atom is -0.201 e. The van der Waals surface area contributed by atoms with Crippen molar-refractivity contribution in [1.82, 2.24) is 0 Å². The van der Waals surface area contributed by atoms with Crippen molar-refractivity contribution < 1.29 is 7.31 Å². The predicted octanol–water partition coefficient (Wildman–Crippen LogP) is 5.04. The number of pyridine rings is 1. The topological polar surface area (TPSA) is 3.88 Å². The molecule has 1 heterocycles. The van der Waals surface area contributed by atoms with Crippen LogP contribution in [0.5, 0.6) is 0 Å². The van der Waals surface area contributed by atoms with Gasteiger partial charge in [-0.05, 0) is 42.8 Å². The molecule has 0 unspecified atom stereocenters. The number of hydrogen-bond donors (Lipinski definition) is 0. The zero-order valence-electron chi connectivity index (χ0n) is 16.3. The lowest BCUT2D eigenvalue weighted by molar-refractivity contribution is -0.661. The lowest BCUT2D eigenvalue weighted by Crippen LogP contribution is -2.32. The van der Waals surface area contributed by atoms with E-state index >= 15 is 0 Å². The summed E-state index contributed by atoms with van der Waals surface area (Å²) in [6, 6.07) is 8.54. The molecular weight excluding hydrogens is 254 g/mol. The Labute approximate surface area is 132 Å². The molecule has 0 aliphatic rings. The molecule has 1 nitrogen and oxygen atoms in total. The first-order chi connectivity index (χ1) is 10.4. The zero-order valence-corrected chi connectivity index (χ0v) is 14.3. The van der Waals surface area contributed by atoms with Crippen LogP contribution in [0.3, 0.4) is 0 Å². The molecule has 0 aliphatic heterocycles. The van der Waals surface area contributed by atoms with E-state index in [4.69, 9.17) is 2.74 Å². The second-order valence-corrected chi connectivity index (χ2v) is 6.42. The van der Waals surface area contributed by atoms with Gasteiger partial charge in [0.25, 0.3) is 0 Å². The van der Waals surface area contributed by atoms with Gasteiger partial charge in [0.15, 0.2) is 6.20 Å². The monoisotopic (exact) mass is 284 g/mol. The van der Waals surface area contributed by atoms with Crippen LogP contribution < -0.4 is 4.57 Å². The molecule has 1 heteroatoms. The van der Waals surface area contributed by atoms with Crippen LogP contribution in [0.4, 0.5) is 0 Å². The fraction of sp³-hybridized carbons (Fsp3) is 0.450. The van der Waals surface area contributed by atoms with Crippen LogP contribution in [0, 0.1) is 13.8 Å². The zero-order chi connectivity index (χ0) is 17.6. The Morgan fingerprint density at radius 2 is 1.57 bits per heavy atom. The Hall–Kier alpha value is -1.63. The molecule has 0 atom stereocenters. The Balaban J connectivity index is 2.77. The van der Waals surface area contributed by atoms with E-state index in [9.17, 15) is 0 Å². The molecular formula is C20H28N+. The van der Waals surface area contributed by atoms with Gasteiger partial charge in [-0.1, -0.05) is 45.4 Å². The van der Waals surface area contributed by atoms with E-state index in [1.54, 1.807) is 0 Å². The highest BCUT2D eigenvalue weighted by Gasteiger charge is 2.20. The second-order valence-electron chi connectivity index (χ2n) is 6.42.